The monoisotopic (exact) mass is 418 g/mol. The molecule has 2 aromatic carbocycles. The smallest absolute Gasteiger partial charge is 0.258 e. The van der Waals surface area contributed by atoms with Crippen molar-refractivity contribution in [3.63, 3.8) is 0 Å². The number of nitrogens with one attached hydrogen (secondary N) is 2. The molecule has 0 unspecified atom stereocenters. The van der Waals surface area contributed by atoms with Crippen molar-refractivity contribution in [2.75, 3.05) is 13.2 Å². The molecule has 2 N–H and O–H groups in total. The molecule has 29 heavy (non-hydrogen) atoms. The maximum atomic E-state index is 12.3. The number of sulfonamides is 1. The van der Waals surface area contributed by atoms with Crippen LogP contribution in [0, 0.1) is 20.8 Å². The van der Waals surface area contributed by atoms with Gasteiger partial charge in [-0.15, -0.1) is 0 Å². The molecule has 0 fully saturated rings. The normalized spacial score (nSPS) is 12.4. The van der Waals surface area contributed by atoms with Crippen LogP contribution in [0.3, 0.4) is 0 Å². The molecule has 0 aliphatic rings. The third-order valence-electron chi connectivity index (χ3n) is 4.77. The van der Waals surface area contributed by atoms with Gasteiger partial charge in [0, 0.05) is 6.54 Å². The van der Waals surface area contributed by atoms with Gasteiger partial charge in [-0.05, 0) is 80.6 Å². The number of carbonyl (C=O) groups is 1. The summed E-state index contributed by atoms with van der Waals surface area (Å²) in [4.78, 5) is 12.4. The van der Waals surface area contributed by atoms with Crippen LogP contribution >= 0.6 is 0 Å². The lowest BCUT2D eigenvalue weighted by molar-refractivity contribution is -0.123. The Morgan fingerprint density at radius 3 is 2.28 bits per heavy atom. The lowest BCUT2D eigenvalue weighted by Crippen LogP contribution is -2.31. The van der Waals surface area contributed by atoms with E-state index in [1.54, 1.807) is 12.1 Å². The first kappa shape index (κ1) is 22.9. The van der Waals surface area contributed by atoms with E-state index in [1.807, 2.05) is 20.8 Å². The molecule has 0 heterocycles. The van der Waals surface area contributed by atoms with E-state index in [0.29, 0.717) is 12.3 Å². The van der Waals surface area contributed by atoms with Crippen molar-refractivity contribution in [3.8, 4) is 5.75 Å². The van der Waals surface area contributed by atoms with Crippen molar-refractivity contribution >= 4 is 15.9 Å². The summed E-state index contributed by atoms with van der Waals surface area (Å²) < 4.78 is 32.2. The number of rotatable bonds is 9. The molecule has 0 bridgehead atoms. The van der Waals surface area contributed by atoms with Gasteiger partial charge in [-0.25, -0.2) is 13.1 Å². The fraction of sp³-hybridized carbons (Fsp3) is 0.409. The highest BCUT2D eigenvalue weighted by molar-refractivity contribution is 7.89. The van der Waals surface area contributed by atoms with Gasteiger partial charge in [-0.1, -0.05) is 19.1 Å². The molecule has 1 amide bonds. The van der Waals surface area contributed by atoms with Crippen molar-refractivity contribution in [1.29, 1.82) is 0 Å². The number of hydrogen-bond donors (Lipinski definition) is 2. The van der Waals surface area contributed by atoms with Crippen molar-refractivity contribution in [1.82, 2.24) is 10.0 Å². The average Bonchev–Trinajstić information content (AvgIpc) is 2.68. The molecule has 0 aliphatic heterocycles. The molecule has 7 heteroatoms. The SMILES string of the molecule is CCCNS(=O)(=O)c1ccc(OCC(=O)N[C@@H](C)c2cc(C)c(C)cc2C)cc1. The lowest BCUT2D eigenvalue weighted by atomic mass is 9.96. The Labute approximate surface area is 173 Å². The quantitative estimate of drug-likeness (QED) is 0.652. The van der Waals surface area contributed by atoms with Crippen LogP contribution in [0.2, 0.25) is 0 Å². The van der Waals surface area contributed by atoms with Crippen LogP contribution < -0.4 is 14.8 Å². The van der Waals surface area contributed by atoms with Gasteiger partial charge in [0.25, 0.3) is 5.91 Å². The fourth-order valence-electron chi connectivity index (χ4n) is 2.99. The Morgan fingerprint density at radius 1 is 1.03 bits per heavy atom. The summed E-state index contributed by atoms with van der Waals surface area (Å²) in [6, 6.07) is 10.1. The first-order valence-corrected chi connectivity index (χ1v) is 11.2. The summed E-state index contributed by atoms with van der Waals surface area (Å²) >= 11 is 0. The third-order valence-corrected chi connectivity index (χ3v) is 6.25. The highest BCUT2D eigenvalue weighted by Crippen LogP contribution is 2.22. The lowest BCUT2D eigenvalue weighted by Gasteiger charge is -2.18. The Morgan fingerprint density at radius 2 is 1.66 bits per heavy atom. The number of aryl methyl sites for hydroxylation is 3. The van der Waals surface area contributed by atoms with E-state index in [4.69, 9.17) is 4.74 Å². The standard InChI is InChI=1S/C22H30N2O4S/c1-6-11-23-29(26,27)20-9-7-19(8-10-20)28-14-22(25)24-18(5)21-13-16(3)15(2)12-17(21)4/h7-10,12-13,18,23H,6,11,14H2,1-5H3,(H,24,25)/t18-/m0/s1. The molecule has 6 nitrogen and oxygen atoms in total. The highest BCUT2D eigenvalue weighted by Gasteiger charge is 2.15. The summed E-state index contributed by atoms with van der Waals surface area (Å²) in [7, 11) is -3.51. The molecule has 2 aromatic rings. The molecule has 1 atom stereocenters. The zero-order valence-electron chi connectivity index (χ0n) is 17.7. The molecule has 158 valence electrons. The Bertz CT molecular complexity index is 954. The van der Waals surface area contributed by atoms with Gasteiger partial charge in [0.05, 0.1) is 10.9 Å². The van der Waals surface area contributed by atoms with Gasteiger partial charge in [0.15, 0.2) is 6.61 Å². The first-order chi connectivity index (χ1) is 13.6. The van der Waals surface area contributed by atoms with Crippen molar-refractivity contribution in [2.24, 2.45) is 0 Å². The van der Waals surface area contributed by atoms with Crippen LogP contribution in [0.5, 0.6) is 5.75 Å². The van der Waals surface area contributed by atoms with Crippen LogP contribution in [-0.2, 0) is 14.8 Å². The van der Waals surface area contributed by atoms with Gasteiger partial charge >= 0.3 is 0 Å². The van der Waals surface area contributed by atoms with Crippen molar-refractivity contribution < 1.29 is 17.9 Å². The second kappa shape index (κ2) is 9.89. The zero-order chi connectivity index (χ0) is 21.6. The van der Waals surface area contributed by atoms with E-state index >= 15 is 0 Å². The van der Waals surface area contributed by atoms with E-state index < -0.39 is 10.0 Å². The average molecular weight is 419 g/mol. The van der Waals surface area contributed by atoms with E-state index in [-0.39, 0.29) is 23.5 Å². The Kier molecular flexibility index (Phi) is 7.81. The second-order valence-electron chi connectivity index (χ2n) is 7.24. The summed E-state index contributed by atoms with van der Waals surface area (Å²) in [5, 5.41) is 2.94. The van der Waals surface area contributed by atoms with E-state index in [9.17, 15) is 13.2 Å². The minimum absolute atomic E-state index is 0.137. The fourth-order valence-corrected chi connectivity index (χ4v) is 4.13. The maximum absolute atomic E-state index is 12.3. The topological polar surface area (TPSA) is 84.5 Å². The summed E-state index contributed by atoms with van der Waals surface area (Å²) in [5.41, 5.74) is 4.63. The largest absolute Gasteiger partial charge is 0.484 e. The van der Waals surface area contributed by atoms with E-state index in [2.05, 4.69) is 36.0 Å². The van der Waals surface area contributed by atoms with Crippen LogP contribution in [0.15, 0.2) is 41.3 Å². The van der Waals surface area contributed by atoms with Crippen molar-refractivity contribution in [2.45, 2.75) is 52.0 Å². The minimum Gasteiger partial charge on any atom is -0.484 e. The molecular weight excluding hydrogens is 388 g/mol. The van der Waals surface area contributed by atoms with Crippen LogP contribution in [0.25, 0.3) is 0 Å². The predicted molar refractivity (Wildman–Crippen MR) is 115 cm³/mol. The molecular formula is C22H30N2O4S. The number of benzene rings is 2. The number of ether oxygens (including phenoxy) is 1. The Hall–Kier alpha value is -2.38. The summed E-state index contributed by atoms with van der Waals surface area (Å²) in [5.74, 6) is 0.195. The molecule has 0 aliphatic carbocycles. The van der Waals surface area contributed by atoms with Gasteiger partial charge < -0.3 is 10.1 Å². The zero-order valence-corrected chi connectivity index (χ0v) is 18.5. The van der Waals surface area contributed by atoms with E-state index in [1.165, 1.54) is 23.3 Å². The number of hydrogen-bond acceptors (Lipinski definition) is 4. The van der Waals surface area contributed by atoms with Crippen LogP contribution in [0.4, 0.5) is 0 Å². The second-order valence-corrected chi connectivity index (χ2v) is 9.01. The Balaban J connectivity index is 1.93. The molecule has 0 saturated carbocycles. The van der Waals surface area contributed by atoms with Gasteiger partial charge in [0.1, 0.15) is 5.75 Å². The van der Waals surface area contributed by atoms with Crippen LogP contribution in [0.1, 0.15) is 48.6 Å². The summed E-state index contributed by atoms with van der Waals surface area (Å²) in [6.45, 7) is 10.2. The minimum atomic E-state index is -3.51. The maximum Gasteiger partial charge on any atom is 0.258 e. The predicted octanol–water partition coefficient (Wildman–Crippen LogP) is 3.56. The van der Waals surface area contributed by atoms with E-state index in [0.717, 1.165) is 17.5 Å². The summed E-state index contributed by atoms with van der Waals surface area (Å²) in [6.07, 6.45) is 0.718. The van der Waals surface area contributed by atoms with Gasteiger partial charge in [-0.2, -0.15) is 0 Å². The van der Waals surface area contributed by atoms with Crippen LogP contribution in [-0.4, -0.2) is 27.5 Å². The molecule has 0 aromatic heterocycles. The molecule has 2 rings (SSSR count). The molecule has 0 saturated heterocycles. The molecule has 0 spiro atoms. The third kappa shape index (κ3) is 6.30. The molecule has 0 radical (unpaired) electrons. The van der Waals surface area contributed by atoms with Gasteiger partial charge in [-0.3, -0.25) is 4.79 Å². The number of carbonyl (C=O) groups excluding carboxylic acids is 1. The number of amides is 1. The van der Waals surface area contributed by atoms with Crippen molar-refractivity contribution in [3.05, 3.63) is 58.7 Å². The highest BCUT2D eigenvalue weighted by atomic mass is 32.2. The first-order valence-electron chi connectivity index (χ1n) is 9.73. The van der Waals surface area contributed by atoms with Gasteiger partial charge in [0.2, 0.25) is 10.0 Å².